The molecule has 0 aliphatic rings. The number of hydrogen-bond acceptors (Lipinski definition) is 7. The topological polar surface area (TPSA) is 118 Å². The molecule has 0 aliphatic carbocycles. The number of pyridine rings is 3. The van der Waals surface area contributed by atoms with Gasteiger partial charge in [0.25, 0.3) is 5.56 Å². The van der Waals surface area contributed by atoms with Crippen LogP contribution in [0, 0.1) is 0 Å². The molecule has 0 saturated heterocycles. The maximum Gasteiger partial charge on any atom is 0.262 e. The Kier molecular flexibility index (Phi) is 6.14. The predicted octanol–water partition coefficient (Wildman–Crippen LogP) is 2.24. The van der Waals surface area contributed by atoms with Crippen molar-refractivity contribution in [2.75, 3.05) is 23.8 Å². The summed E-state index contributed by atoms with van der Waals surface area (Å²) < 4.78 is 1.49. The fourth-order valence-corrected chi connectivity index (χ4v) is 3.09. The number of nitrogens with one attached hydrogen (secondary N) is 2. The van der Waals surface area contributed by atoms with E-state index in [-0.39, 0.29) is 24.2 Å². The second-order valence-electron chi connectivity index (χ2n) is 7.95. The molecule has 3 rings (SSSR count). The van der Waals surface area contributed by atoms with E-state index in [0.717, 1.165) is 17.4 Å². The van der Waals surface area contributed by atoms with Crippen molar-refractivity contribution >= 4 is 28.2 Å². The van der Waals surface area contributed by atoms with E-state index >= 15 is 0 Å². The zero-order chi connectivity index (χ0) is 21.0. The molecular weight excluding hydrogens is 368 g/mol. The Labute approximate surface area is 169 Å². The first-order valence-corrected chi connectivity index (χ1v) is 9.66. The van der Waals surface area contributed by atoms with E-state index in [1.165, 1.54) is 4.57 Å². The van der Waals surface area contributed by atoms with Gasteiger partial charge in [0.2, 0.25) is 0 Å². The lowest BCUT2D eigenvalue weighted by atomic mass is 10.1. The van der Waals surface area contributed by atoms with E-state index in [9.17, 15) is 9.90 Å². The van der Waals surface area contributed by atoms with Gasteiger partial charge in [-0.2, -0.15) is 0 Å². The second-order valence-corrected chi connectivity index (χ2v) is 7.95. The highest BCUT2D eigenvalue weighted by atomic mass is 16.3. The summed E-state index contributed by atoms with van der Waals surface area (Å²) in [7, 11) is 0. The SMILES string of the molecule is CC(C)(C)Nc1nc(Nc2cc(CCN)ccn2)cc2ccn(CCO)c(=O)c12. The van der Waals surface area contributed by atoms with Gasteiger partial charge in [0.15, 0.2) is 0 Å². The number of hydrogen-bond donors (Lipinski definition) is 4. The largest absolute Gasteiger partial charge is 0.395 e. The number of aliphatic hydroxyl groups excluding tert-OH is 1. The van der Waals surface area contributed by atoms with Crippen molar-refractivity contribution in [2.24, 2.45) is 5.73 Å². The zero-order valence-electron chi connectivity index (χ0n) is 17.1. The molecule has 0 amide bonds. The molecule has 0 atom stereocenters. The first-order chi connectivity index (χ1) is 13.8. The maximum absolute atomic E-state index is 12.9. The molecule has 154 valence electrons. The van der Waals surface area contributed by atoms with Crippen molar-refractivity contribution < 1.29 is 5.11 Å². The van der Waals surface area contributed by atoms with Crippen LogP contribution in [-0.2, 0) is 13.0 Å². The molecule has 0 fully saturated rings. The van der Waals surface area contributed by atoms with E-state index in [0.29, 0.717) is 29.4 Å². The highest BCUT2D eigenvalue weighted by Gasteiger charge is 2.17. The lowest BCUT2D eigenvalue weighted by molar-refractivity contribution is 0.274. The van der Waals surface area contributed by atoms with E-state index in [1.54, 1.807) is 12.4 Å². The number of aliphatic hydroxyl groups is 1. The number of nitrogens with two attached hydrogens (primary N) is 1. The van der Waals surface area contributed by atoms with Gasteiger partial charge in [-0.25, -0.2) is 9.97 Å². The van der Waals surface area contributed by atoms with Gasteiger partial charge in [-0.05, 0) is 69.0 Å². The summed E-state index contributed by atoms with van der Waals surface area (Å²) in [6.45, 7) is 6.72. The van der Waals surface area contributed by atoms with E-state index in [2.05, 4.69) is 20.6 Å². The monoisotopic (exact) mass is 396 g/mol. The molecule has 5 N–H and O–H groups in total. The van der Waals surface area contributed by atoms with Gasteiger partial charge in [0.05, 0.1) is 12.0 Å². The van der Waals surface area contributed by atoms with Crippen LogP contribution in [0.3, 0.4) is 0 Å². The number of fused-ring (bicyclic) bond motifs is 1. The summed E-state index contributed by atoms with van der Waals surface area (Å²) in [6, 6.07) is 7.55. The maximum atomic E-state index is 12.9. The minimum atomic E-state index is -0.290. The Bertz CT molecular complexity index is 1060. The van der Waals surface area contributed by atoms with Crippen molar-refractivity contribution in [2.45, 2.75) is 39.3 Å². The third-order valence-electron chi connectivity index (χ3n) is 4.31. The van der Waals surface area contributed by atoms with Crippen molar-refractivity contribution in [3.05, 3.63) is 52.6 Å². The summed E-state index contributed by atoms with van der Waals surface area (Å²) in [5.74, 6) is 1.74. The van der Waals surface area contributed by atoms with E-state index in [4.69, 9.17) is 5.73 Å². The van der Waals surface area contributed by atoms with Crippen LogP contribution in [0.25, 0.3) is 10.8 Å². The molecule has 0 aromatic carbocycles. The lowest BCUT2D eigenvalue weighted by Crippen LogP contribution is -2.29. The molecule has 0 bridgehead atoms. The average molecular weight is 396 g/mol. The molecular formula is C21H28N6O2. The highest BCUT2D eigenvalue weighted by molar-refractivity contribution is 5.93. The number of nitrogens with zero attached hydrogens (tertiary/aromatic N) is 3. The molecule has 0 radical (unpaired) electrons. The van der Waals surface area contributed by atoms with Crippen LogP contribution in [0.1, 0.15) is 26.3 Å². The van der Waals surface area contributed by atoms with Crippen molar-refractivity contribution in [3.63, 3.8) is 0 Å². The summed E-state index contributed by atoms with van der Waals surface area (Å²) >= 11 is 0. The average Bonchev–Trinajstić information content (AvgIpc) is 2.63. The Hall–Kier alpha value is -2.97. The summed E-state index contributed by atoms with van der Waals surface area (Å²) in [6.07, 6.45) is 4.19. The van der Waals surface area contributed by atoms with Crippen LogP contribution in [0.2, 0.25) is 0 Å². The van der Waals surface area contributed by atoms with Crippen molar-refractivity contribution in [1.29, 1.82) is 0 Å². The third kappa shape index (κ3) is 5.10. The van der Waals surface area contributed by atoms with Gasteiger partial charge in [-0.15, -0.1) is 0 Å². The Morgan fingerprint density at radius 2 is 2.00 bits per heavy atom. The minimum Gasteiger partial charge on any atom is -0.395 e. The van der Waals surface area contributed by atoms with Gasteiger partial charge in [0.1, 0.15) is 17.5 Å². The number of rotatable bonds is 7. The molecule has 3 aromatic heterocycles. The molecule has 3 aromatic rings. The Morgan fingerprint density at radius 3 is 2.69 bits per heavy atom. The highest BCUT2D eigenvalue weighted by Crippen LogP contribution is 2.26. The Morgan fingerprint density at radius 1 is 1.21 bits per heavy atom. The first kappa shape index (κ1) is 20.8. The van der Waals surface area contributed by atoms with Gasteiger partial charge in [-0.3, -0.25) is 4.79 Å². The molecule has 8 nitrogen and oxygen atoms in total. The van der Waals surface area contributed by atoms with E-state index < -0.39 is 0 Å². The zero-order valence-corrected chi connectivity index (χ0v) is 17.1. The van der Waals surface area contributed by atoms with Crippen LogP contribution in [0.4, 0.5) is 17.5 Å². The molecule has 0 spiro atoms. The molecule has 0 aliphatic heterocycles. The normalized spacial score (nSPS) is 11.6. The summed E-state index contributed by atoms with van der Waals surface area (Å²) in [4.78, 5) is 21.9. The van der Waals surface area contributed by atoms with Gasteiger partial charge in [-0.1, -0.05) is 0 Å². The number of anilines is 3. The van der Waals surface area contributed by atoms with Gasteiger partial charge >= 0.3 is 0 Å². The predicted molar refractivity (Wildman–Crippen MR) is 117 cm³/mol. The summed E-state index contributed by atoms with van der Waals surface area (Å²) in [5, 5.41) is 17.0. The van der Waals surface area contributed by atoms with Crippen LogP contribution < -0.4 is 21.9 Å². The smallest absolute Gasteiger partial charge is 0.262 e. The fourth-order valence-electron chi connectivity index (χ4n) is 3.09. The quantitative estimate of drug-likeness (QED) is 0.484. The molecule has 29 heavy (non-hydrogen) atoms. The van der Waals surface area contributed by atoms with Crippen molar-refractivity contribution in [1.82, 2.24) is 14.5 Å². The molecule has 0 unspecified atom stereocenters. The summed E-state index contributed by atoms with van der Waals surface area (Å²) in [5.41, 5.74) is 6.25. The van der Waals surface area contributed by atoms with Crippen LogP contribution in [0.15, 0.2) is 41.5 Å². The lowest BCUT2D eigenvalue weighted by Gasteiger charge is -2.23. The fraction of sp³-hybridized carbons (Fsp3) is 0.381. The van der Waals surface area contributed by atoms with Crippen LogP contribution >= 0.6 is 0 Å². The van der Waals surface area contributed by atoms with Gasteiger partial charge < -0.3 is 26.0 Å². The molecule has 0 saturated carbocycles. The standard InChI is InChI=1S/C21H28N6O2/c1-21(2,3)26-19-18-15(6-9-27(10-11-28)20(18)29)13-17(25-19)24-16-12-14(4-7-22)5-8-23-16/h5-6,8-9,12-13,28H,4,7,10-11,22H2,1-3H3,(H2,23,24,25,26). The Balaban J connectivity index is 2.08. The first-order valence-electron chi connectivity index (χ1n) is 9.66. The second kappa shape index (κ2) is 8.59. The molecule has 3 heterocycles. The van der Waals surface area contributed by atoms with Crippen LogP contribution in [-0.4, -0.2) is 38.3 Å². The molecule has 8 heteroatoms. The van der Waals surface area contributed by atoms with Crippen molar-refractivity contribution in [3.8, 4) is 0 Å². The third-order valence-corrected chi connectivity index (χ3v) is 4.31. The van der Waals surface area contributed by atoms with Crippen LogP contribution in [0.5, 0.6) is 0 Å². The van der Waals surface area contributed by atoms with E-state index in [1.807, 2.05) is 45.0 Å². The minimum absolute atomic E-state index is 0.106. The number of aromatic nitrogens is 3. The van der Waals surface area contributed by atoms with Gasteiger partial charge in [0, 0.05) is 24.5 Å².